The first kappa shape index (κ1) is 12.7. The summed E-state index contributed by atoms with van der Waals surface area (Å²) < 4.78 is 0. The van der Waals surface area contributed by atoms with Gasteiger partial charge in [0.05, 0.1) is 12.1 Å². The van der Waals surface area contributed by atoms with E-state index in [9.17, 15) is 9.90 Å². The third-order valence-corrected chi connectivity index (χ3v) is 2.17. The lowest BCUT2D eigenvalue weighted by molar-refractivity contribution is -0.134. The molecular formula is C8H17ClN2O2. The van der Waals surface area contributed by atoms with E-state index in [4.69, 9.17) is 5.73 Å². The summed E-state index contributed by atoms with van der Waals surface area (Å²) in [7, 11) is 0. The highest BCUT2D eigenvalue weighted by Crippen LogP contribution is 2.10. The molecule has 3 N–H and O–H groups in total. The van der Waals surface area contributed by atoms with Crippen molar-refractivity contribution in [3.63, 3.8) is 0 Å². The third kappa shape index (κ3) is 3.50. The second kappa shape index (κ2) is 5.42. The van der Waals surface area contributed by atoms with E-state index in [-0.39, 0.29) is 24.4 Å². The Labute approximate surface area is 84.5 Å². The molecule has 0 radical (unpaired) electrons. The summed E-state index contributed by atoms with van der Waals surface area (Å²) in [5, 5.41) is 9.18. The van der Waals surface area contributed by atoms with Crippen LogP contribution < -0.4 is 5.73 Å². The van der Waals surface area contributed by atoms with Gasteiger partial charge in [-0.1, -0.05) is 0 Å². The second-order valence-electron chi connectivity index (χ2n) is 3.35. The van der Waals surface area contributed by atoms with E-state index in [1.54, 1.807) is 11.8 Å². The average molecular weight is 209 g/mol. The zero-order chi connectivity index (χ0) is 9.14. The molecule has 1 saturated heterocycles. The molecule has 1 aliphatic rings. The molecule has 0 aromatic heterocycles. The van der Waals surface area contributed by atoms with Gasteiger partial charge < -0.3 is 15.7 Å². The Morgan fingerprint density at radius 2 is 2.00 bits per heavy atom. The molecule has 1 rings (SSSR count). The molecule has 1 aliphatic heterocycles. The van der Waals surface area contributed by atoms with Crippen LogP contribution in [-0.4, -0.2) is 41.1 Å². The van der Waals surface area contributed by atoms with Gasteiger partial charge in [-0.2, -0.15) is 0 Å². The molecule has 0 aromatic carbocycles. The number of hydrogen-bond acceptors (Lipinski definition) is 3. The van der Waals surface area contributed by atoms with Crippen molar-refractivity contribution in [1.29, 1.82) is 0 Å². The first-order valence-electron chi connectivity index (χ1n) is 4.33. The van der Waals surface area contributed by atoms with Crippen LogP contribution in [0.4, 0.5) is 0 Å². The molecule has 1 heterocycles. The lowest BCUT2D eigenvalue weighted by Gasteiger charge is -2.30. The first-order valence-corrected chi connectivity index (χ1v) is 4.33. The van der Waals surface area contributed by atoms with Crippen LogP contribution in [0.2, 0.25) is 0 Å². The smallest absolute Gasteiger partial charge is 0.239 e. The van der Waals surface area contributed by atoms with E-state index in [2.05, 4.69) is 0 Å². The van der Waals surface area contributed by atoms with Gasteiger partial charge in [0.2, 0.25) is 5.91 Å². The van der Waals surface area contributed by atoms with Crippen LogP contribution in [-0.2, 0) is 4.79 Å². The van der Waals surface area contributed by atoms with E-state index in [0.717, 1.165) is 0 Å². The zero-order valence-electron chi connectivity index (χ0n) is 7.77. The van der Waals surface area contributed by atoms with E-state index in [1.165, 1.54) is 0 Å². The fraction of sp³-hybridized carbons (Fsp3) is 0.875. The normalized spacial score (nSPS) is 20.7. The van der Waals surface area contributed by atoms with Crippen LogP contribution in [0, 0.1) is 0 Å². The molecule has 78 valence electrons. The van der Waals surface area contributed by atoms with Crippen molar-refractivity contribution in [3.05, 3.63) is 0 Å². The number of likely N-dealkylation sites (tertiary alicyclic amines) is 1. The predicted molar refractivity (Wildman–Crippen MR) is 52.7 cm³/mol. The number of aliphatic hydroxyl groups excluding tert-OH is 1. The fourth-order valence-electron chi connectivity index (χ4n) is 1.37. The van der Waals surface area contributed by atoms with E-state index >= 15 is 0 Å². The average Bonchev–Trinajstić information content (AvgIpc) is 2.04. The Bertz CT molecular complexity index is 168. The number of carbonyl (C=O) groups is 1. The largest absolute Gasteiger partial charge is 0.393 e. The summed E-state index contributed by atoms with van der Waals surface area (Å²) >= 11 is 0. The van der Waals surface area contributed by atoms with Crippen molar-refractivity contribution in [3.8, 4) is 0 Å². The second-order valence-corrected chi connectivity index (χ2v) is 3.35. The molecule has 0 aromatic rings. The number of piperidine rings is 1. The minimum atomic E-state index is -0.416. The maximum absolute atomic E-state index is 11.3. The fourth-order valence-corrected chi connectivity index (χ4v) is 1.37. The van der Waals surface area contributed by atoms with Gasteiger partial charge in [-0.15, -0.1) is 12.4 Å². The predicted octanol–water partition coefficient (Wildman–Crippen LogP) is -0.261. The molecule has 1 atom stereocenters. The van der Waals surface area contributed by atoms with Crippen molar-refractivity contribution >= 4 is 18.3 Å². The molecular weight excluding hydrogens is 192 g/mol. The Morgan fingerprint density at radius 3 is 2.38 bits per heavy atom. The maximum Gasteiger partial charge on any atom is 0.239 e. The molecule has 0 bridgehead atoms. The number of amides is 1. The van der Waals surface area contributed by atoms with Gasteiger partial charge >= 0.3 is 0 Å². The summed E-state index contributed by atoms with van der Waals surface area (Å²) in [5.74, 6) is -0.0121. The van der Waals surface area contributed by atoms with Gasteiger partial charge in [0.1, 0.15) is 0 Å². The minimum Gasteiger partial charge on any atom is -0.393 e. The van der Waals surface area contributed by atoms with Crippen molar-refractivity contribution in [1.82, 2.24) is 4.90 Å². The van der Waals surface area contributed by atoms with Crippen molar-refractivity contribution < 1.29 is 9.90 Å². The van der Waals surface area contributed by atoms with E-state index < -0.39 is 6.04 Å². The molecule has 4 nitrogen and oxygen atoms in total. The zero-order valence-corrected chi connectivity index (χ0v) is 8.59. The van der Waals surface area contributed by atoms with Gasteiger partial charge in [-0.05, 0) is 19.8 Å². The Kier molecular flexibility index (Phi) is 5.29. The number of halogens is 1. The number of aliphatic hydroxyl groups is 1. The summed E-state index contributed by atoms with van der Waals surface area (Å²) in [5.41, 5.74) is 5.45. The van der Waals surface area contributed by atoms with E-state index in [0.29, 0.717) is 25.9 Å². The van der Waals surface area contributed by atoms with Gasteiger partial charge in [-0.3, -0.25) is 4.79 Å². The van der Waals surface area contributed by atoms with Crippen LogP contribution in [0.15, 0.2) is 0 Å². The molecule has 1 amide bonds. The minimum absolute atomic E-state index is 0. The topological polar surface area (TPSA) is 66.6 Å². The molecule has 1 fully saturated rings. The number of nitrogens with two attached hydrogens (primary N) is 1. The number of carbonyl (C=O) groups excluding carboxylic acids is 1. The molecule has 0 aliphatic carbocycles. The summed E-state index contributed by atoms with van der Waals surface area (Å²) in [4.78, 5) is 13.0. The Balaban J connectivity index is 0.00000144. The molecule has 0 spiro atoms. The van der Waals surface area contributed by atoms with E-state index in [1.807, 2.05) is 0 Å². The van der Waals surface area contributed by atoms with Crippen LogP contribution in [0.5, 0.6) is 0 Å². The van der Waals surface area contributed by atoms with Gasteiger partial charge in [0, 0.05) is 13.1 Å². The van der Waals surface area contributed by atoms with Gasteiger partial charge in [0.25, 0.3) is 0 Å². The quantitative estimate of drug-likeness (QED) is 0.624. The first-order chi connectivity index (χ1) is 5.61. The third-order valence-electron chi connectivity index (χ3n) is 2.17. The van der Waals surface area contributed by atoms with Crippen LogP contribution in [0.25, 0.3) is 0 Å². The number of nitrogens with zero attached hydrogens (tertiary/aromatic N) is 1. The van der Waals surface area contributed by atoms with Gasteiger partial charge in [-0.25, -0.2) is 0 Å². The van der Waals surface area contributed by atoms with Crippen molar-refractivity contribution in [2.45, 2.75) is 31.9 Å². The highest BCUT2D eigenvalue weighted by atomic mass is 35.5. The SMILES string of the molecule is C[C@H](N)C(=O)N1CCC(O)CC1.Cl. The van der Waals surface area contributed by atoms with Gasteiger partial charge in [0.15, 0.2) is 0 Å². The van der Waals surface area contributed by atoms with Crippen molar-refractivity contribution in [2.24, 2.45) is 5.73 Å². The maximum atomic E-state index is 11.3. The monoisotopic (exact) mass is 208 g/mol. The number of rotatable bonds is 1. The molecule has 5 heteroatoms. The lowest BCUT2D eigenvalue weighted by atomic mass is 10.1. The summed E-state index contributed by atoms with van der Waals surface area (Å²) in [6, 6.07) is -0.416. The van der Waals surface area contributed by atoms with Crippen LogP contribution in [0.1, 0.15) is 19.8 Å². The van der Waals surface area contributed by atoms with Crippen molar-refractivity contribution in [2.75, 3.05) is 13.1 Å². The summed E-state index contributed by atoms with van der Waals surface area (Å²) in [6.45, 7) is 2.97. The van der Waals surface area contributed by atoms with Crippen LogP contribution in [0.3, 0.4) is 0 Å². The summed E-state index contributed by atoms with van der Waals surface area (Å²) in [6.07, 6.45) is 1.12. The lowest BCUT2D eigenvalue weighted by Crippen LogP contribution is -2.46. The molecule has 0 unspecified atom stereocenters. The highest BCUT2D eigenvalue weighted by Gasteiger charge is 2.22. The highest BCUT2D eigenvalue weighted by molar-refractivity contribution is 5.85. The number of hydrogen-bond donors (Lipinski definition) is 2. The Morgan fingerprint density at radius 1 is 1.54 bits per heavy atom. The standard InChI is InChI=1S/C8H16N2O2.ClH/c1-6(9)8(12)10-4-2-7(11)3-5-10;/h6-7,11H,2-5,9H2,1H3;1H/t6-;/m0./s1. The molecule has 0 saturated carbocycles. The molecule has 13 heavy (non-hydrogen) atoms. The Hall–Kier alpha value is -0.320. The van der Waals surface area contributed by atoms with Crippen LogP contribution >= 0.6 is 12.4 Å².